The molecule has 0 aliphatic carbocycles. The van der Waals surface area contributed by atoms with Crippen LogP contribution in [-0.4, -0.2) is 12.0 Å². The zero-order valence-corrected chi connectivity index (χ0v) is 10.7. The van der Waals surface area contributed by atoms with Gasteiger partial charge >= 0.3 is 0 Å². The van der Waals surface area contributed by atoms with Gasteiger partial charge in [0.2, 0.25) is 0 Å². The van der Waals surface area contributed by atoms with Gasteiger partial charge in [-0.25, -0.2) is 4.39 Å². The van der Waals surface area contributed by atoms with Crippen molar-refractivity contribution >= 4 is 28.6 Å². The van der Waals surface area contributed by atoms with Crippen LogP contribution in [-0.2, 0) is 0 Å². The van der Waals surface area contributed by atoms with E-state index in [2.05, 4.69) is 0 Å². The van der Waals surface area contributed by atoms with Crippen molar-refractivity contribution in [1.82, 2.24) is 0 Å². The highest BCUT2D eigenvalue weighted by atomic mass is 32.1. The molecule has 2 aromatic rings. The monoisotopic (exact) mass is 260 g/mol. The number of anilines is 2. The zero-order chi connectivity index (χ0) is 13.1. The third-order valence-corrected chi connectivity index (χ3v) is 2.99. The van der Waals surface area contributed by atoms with Crippen molar-refractivity contribution in [3.63, 3.8) is 0 Å². The molecule has 0 radical (unpaired) electrons. The van der Waals surface area contributed by atoms with Gasteiger partial charge in [-0.2, -0.15) is 0 Å². The Morgan fingerprint density at radius 2 is 1.72 bits per heavy atom. The Kier molecular flexibility index (Phi) is 3.58. The second-order valence-corrected chi connectivity index (χ2v) is 4.36. The van der Waals surface area contributed by atoms with Gasteiger partial charge in [0.05, 0.1) is 5.69 Å². The topological polar surface area (TPSA) is 29.3 Å². The summed E-state index contributed by atoms with van der Waals surface area (Å²) in [6.07, 6.45) is 0. The summed E-state index contributed by atoms with van der Waals surface area (Å²) in [5.41, 5.74) is 7.74. The molecular weight excluding hydrogens is 247 g/mol. The molecule has 4 heteroatoms. The van der Waals surface area contributed by atoms with Crippen LogP contribution in [0.15, 0.2) is 48.5 Å². The van der Waals surface area contributed by atoms with Gasteiger partial charge in [0.1, 0.15) is 10.8 Å². The summed E-state index contributed by atoms with van der Waals surface area (Å²) >= 11 is 4.89. The van der Waals surface area contributed by atoms with E-state index in [1.165, 1.54) is 6.07 Å². The molecule has 92 valence electrons. The summed E-state index contributed by atoms with van der Waals surface area (Å²) < 4.78 is 13.7. The van der Waals surface area contributed by atoms with E-state index in [0.29, 0.717) is 10.7 Å². The number of hydrogen-bond acceptors (Lipinski definition) is 2. The summed E-state index contributed by atoms with van der Waals surface area (Å²) in [6.45, 7) is 0. The fraction of sp³-hybridized carbons (Fsp3) is 0.0714. The van der Waals surface area contributed by atoms with Crippen molar-refractivity contribution in [1.29, 1.82) is 0 Å². The Labute approximate surface area is 111 Å². The number of hydrogen-bond donors (Lipinski definition) is 1. The van der Waals surface area contributed by atoms with Crippen LogP contribution in [0.2, 0.25) is 0 Å². The van der Waals surface area contributed by atoms with E-state index in [0.717, 1.165) is 11.3 Å². The van der Waals surface area contributed by atoms with E-state index < -0.39 is 0 Å². The van der Waals surface area contributed by atoms with E-state index in [4.69, 9.17) is 18.0 Å². The molecule has 0 atom stereocenters. The Balaban J connectivity index is 2.32. The van der Waals surface area contributed by atoms with E-state index in [1.807, 2.05) is 31.3 Å². The Hall–Kier alpha value is -1.94. The van der Waals surface area contributed by atoms with Crippen LogP contribution in [0.4, 0.5) is 15.8 Å². The summed E-state index contributed by atoms with van der Waals surface area (Å²) in [7, 11) is 1.81. The summed E-state index contributed by atoms with van der Waals surface area (Å²) in [5.74, 6) is -0.251. The lowest BCUT2D eigenvalue weighted by Gasteiger charge is -2.20. The average Bonchev–Trinajstić information content (AvgIpc) is 2.38. The van der Waals surface area contributed by atoms with E-state index in [-0.39, 0.29) is 5.82 Å². The van der Waals surface area contributed by atoms with E-state index in [9.17, 15) is 4.39 Å². The molecule has 0 bridgehead atoms. The SMILES string of the molecule is CN(c1ccc(C(N)=S)cc1)c1ccccc1F. The van der Waals surface area contributed by atoms with E-state index >= 15 is 0 Å². The van der Waals surface area contributed by atoms with Crippen LogP contribution in [0.5, 0.6) is 0 Å². The Morgan fingerprint density at radius 1 is 1.11 bits per heavy atom. The minimum Gasteiger partial charge on any atom is -0.389 e. The summed E-state index contributed by atoms with van der Waals surface area (Å²) in [4.78, 5) is 2.13. The third kappa shape index (κ3) is 2.49. The molecule has 0 heterocycles. The molecule has 0 spiro atoms. The Morgan fingerprint density at radius 3 is 2.28 bits per heavy atom. The average molecular weight is 260 g/mol. The van der Waals surface area contributed by atoms with Crippen molar-refractivity contribution in [2.45, 2.75) is 0 Å². The number of para-hydroxylation sites is 1. The smallest absolute Gasteiger partial charge is 0.146 e. The molecule has 0 saturated heterocycles. The fourth-order valence-electron chi connectivity index (χ4n) is 1.71. The van der Waals surface area contributed by atoms with Gasteiger partial charge in [-0.1, -0.05) is 24.4 Å². The fourth-order valence-corrected chi connectivity index (χ4v) is 1.85. The van der Waals surface area contributed by atoms with Crippen molar-refractivity contribution in [3.05, 3.63) is 59.9 Å². The number of nitrogens with zero attached hydrogens (tertiary/aromatic N) is 1. The van der Waals surface area contributed by atoms with Crippen LogP contribution >= 0.6 is 12.2 Å². The molecule has 0 unspecified atom stereocenters. The molecule has 0 saturated carbocycles. The second kappa shape index (κ2) is 5.14. The quantitative estimate of drug-likeness (QED) is 0.859. The second-order valence-electron chi connectivity index (χ2n) is 3.92. The highest BCUT2D eigenvalue weighted by Crippen LogP contribution is 2.25. The number of rotatable bonds is 3. The molecule has 0 aromatic heterocycles. The predicted octanol–water partition coefficient (Wildman–Crippen LogP) is 3.23. The van der Waals surface area contributed by atoms with Gasteiger partial charge in [0, 0.05) is 18.3 Å². The standard InChI is InChI=1S/C14H13FN2S/c1-17(13-5-3-2-4-12(13)15)11-8-6-10(7-9-11)14(16)18/h2-9H,1H3,(H2,16,18). The molecule has 0 aliphatic heterocycles. The maximum absolute atomic E-state index is 13.7. The number of halogens is 1. The molecule has 2 N–H and O–H groups in total. The van der Waals surface area contributed by atoms with Crippen LogP contribution in [0.3, 0.4) is 0 Å². The van der Waals surface area contributed by atoms with Gasteiger partial charge in [-0.05, 0) is 36.4 Å². The molecule has 2 nitrogen and oxygen atoms in total. The van der Waals surface area contributed by atoms with Crippen LogP contribution < -0.4 is 10.6 Å². The van der Waals surface area contributed by atoms with Gasteiger partial charge in [0.15, 0.2) is 0 Å². The first-order chi connectivity index (χ1) is 8.59. The molecule has 0 fully saturated rings. The van der Waals surface area contributed by atoms with Crippen molar-refractivity contribution < 1.29 is 4.39 Å². The van der Waals surface area contributed by atoms with Crippen LogP contribution in [0, 0.1) is 5.82 Å². The highest BCUT2D eigenvalue weighted by molar-refractivity contribution is 7.80. The minimum absolute atomic E-state index is 0.251. The molecule has 18 heavy (non-hydrogen) atoms. The first kappa shape index (κ1) is 12.5. The van der Waals surface area contributed by atoms with Gasteiger partial charge in [-0.3, -0.25) is 0 Å². The normalized spacial score (nSPS) is 10.1. The lowest BCUT2D eigenvalue weighted by atomic mass is 10.2. The van der Waals surface area contributed by atoms with Gasteiger partial charge in [-0.15, -0.1) is 0 Å². The van der Waals surface area contributed by atoms with Crippen molar-refractivity contribution in [2.75, 3.05) is 11.9 Å². The van der Waals surface area contributed by atoms with E-state index in [1.54, 1.807) is 23.1 Å². The molecule has 2 rings (SSSR count). The lowest BCUT2D eigenvalue weighted by molar-refractivity contribution is 0.627. The van der Waals surface area contributed by atoms with Gasteiger partial charge in [0.25, 0.3) is 0 Å². The lowest BCUT2D eigenvalue weighted by Crippen LogP contribution is -2.12. The molecule has 2 aromatic carbocycles. The first-order valence-corrected chi connectivity index (χ1v) is 5.88. The predicted molar refractivity (Wildman–Crippen MR) is 76.8 cm³/mol. The number of nitrogens with two attached hydrogens (primary N) is 1. The van der Waals surface area contributed by atoms with Crippen LogP contribution in [0.25, 0.3) is 0 Å². The summed E-state index contributed by atoms with van der Waals surface area (Å²) in [5, 5.41) is 0. The molecular formula is C14H13FN2S. The maximum Gasteiger partial charge on any atom is 0.146 e. The maximum atomic E-state index is 13.7. The summed E-state index contributed by atoms with van der Waals surface area (Å²) in [6, 6.07) is 14.0. The highest BCUT2D eigenvalue weighted by Gasteiger charge is 2.08. The third-order valence-electron chi connectivity index (χ3n) is 2.75. The number of thiocarbonyl (C=S) groups is 1. The first-order valence-electron chi connectivity index (χ1n) is 5.47. The largest absolute Gasteiger partial charge is 0.389 e. The Bertz CT molecular complexity index is 566. The van der Waals surface area contributed by atoms with Crippen LogP contribution in [0.1, 0.15) is 5.56 Å². The van der Waals surface area contributed by atoms with Crippen molar-refractivity contribution in [2.24, 2.45) is 5.73 Å². The number of benzene rings is 2. The molecule has 0 amide bonds. The van der Waals surface area contributed by atoms with Crippen molar-refractivity contribution in [3.8, 4) is 0 Å². The minimum atomic E-state index is -0.251. The molecule has 0 aliphatic rings. The van der Waals surface area contributed by atoms with Gasteiger partial charge < -0.3 is 10.6 Å². The zero-order valence-electron chi connectivity index (χ0n) is 9.93.